The first kappa shape index (κ1) is 111. The van der Waals surface area contributed by atoms with Crippen LogP contribution in [0, 0.1) is 0 Å². The van der Waals surface area contributed by atoms with Crippen LogP contribution in [0.3, 0.4) is 0 Å². The lowest BCUT2D eigenvalue weighted by Crippen LogP contribution is -2.41. The van der Waals surface area contributed by atoms with Crippen molar-refractivity contribution in [3.63, 3.8) is 0 Å². The summed E-state index contributed by atoms with van der Waals surface area (Å²) in [4.78, 5) is 125. The number of aliphatic hydroxyl groups is 6. The van der Waals surface area contributed by atoms with Crippen LogP contribution in [0.15, 0.2) is 72.8 Å². The molecule has 0 aromatic heterocycles. The van der Waals surface area contributed by atoms with Gasteiger partial charge in [-0.1, -0.05) is 0 Å². The summed E-state index contributed by atoms with van der Waals surface area (Å²) < 4.78 is 445. The van der Waals surface area contributed by atoms with Gasteiger partial charge in [-0.3, -0.25) is 14.4 Å². The van der Waals surface area contributed by atoms with Crippen molar-refractivity contribution in [1.82, 2.24) is 0 Å². The molecule has 0 bridgehead atoms. The van der Waals surface area contributed by atoms with Gasteiger partial charge in [0.25, 0.3) is 17.7 Å². The predicted molar refractivity (Wildman–Crippen MR) is 358 cm³/mol. The molecule has 60 heteroatoms. The Balaban J connectivity index is 1.96. The van der Waals surface area contributed by atoms with E-state index in [2.05, 4.69) is 28.4 Å². The van der Waals surface area contributed by atoms with Crippen molar-refractivity contribution in [2.75, 3.05) is 135 Å². The molecular weight excluding hydrogens is 1870 g/mol. The standard InChI is InChI=1S/C69H63F30N3O27/c70-58(71,64(82,83)84)25-118-13-43(103)19-124-52(112)34-4-35(53(113)125-20-44(104)14-119-26-59(72,73)65(85,86)87)8-40(7-34)100-49(109)31-1-32(50(110)101-41-9-36(54(114)126-21-45(105)15-120-27-60(74,75)66(88,89)90)5-37(10-41)55(115)127-22-46(106)16-121-28-61(76,77)67(91,92)93)3-33(2-31)51(111)102-42-11-38(56(116)128-23-47(107)17-122-29-62(78,79)68(94,95)96)6-39(12-42)57(117)129-24-48(108)18-123-30-63(80,81)69(97,98)99/h1-12,43-48,103-108H,13-30H2,(H,100,109)(H,101,110)(H,102,111). The van der Waals surface area contributed by atoms with E-state index in [1.807, 2.05) is 16.0 Å². The van der Waals surface area contributed by atoms with Crippen LogP contribution in [0.5, 0.6) is 0 Å². The summed E-state index contributed by atoms with van der Waals surface area (Å²) in [5.74, 6) is -49.3. The fourth-order valence-corrected chi connectivity index (χ4v) is 8.69. The molecule has 4 rings (SSSR count). The smallest absolute Gasteiger partial charge is 0.455 e. The lowest BCUT2D eigenvalue weighted by molar-refractivity contribution is -0.298. The van der Waals surface area contributed by atoms with Crippen molar-refractivity contribution >= 4 is 70.6 Å². The molecule has 4 aromatic rings. The molecular formula is C69H63F30N3O27. The molecule has 0 heterocycles. The number of ether oxygens (including phenoxy) is 12. The van der Waals surface area contributed by atoms with Crippen LogP contribution in [-0.2, 0) is 56.8 Å². The first-order chi connectivity index (χ1) is 58.9. The van der Waals surface area contributed by atoms with Gasteiger partial charge in [-0.2, -0.15) is 132 Å². The number of hydrogen-bond acceptors (Lipinski definition) is 27. The predicted octanol–water partition coefficient (Wildman–Crippen LogP) is 9.83. The quantitative estimate of drug-likeness (QED) is 0.0113. The van der Waals surface area contributed by atoms with Crippen molar-refractivity contribution in [2.45, 2.75) is 109 Å². The summed E-state index contributed by atoms with van der Waals surface area (Å²) in [5.41, 5.74) is -12.6. The van der Waals surface area contributed by atoms with Gasteiger partial charge in [0.15, 0.2) is 0 Å². The summed E-state index contributed by atoms with van der Waals surface area (Å²) >= 11 is 0. The van der Waals surface area contributed by atoms with Crippen LogP contribution in [0.25, 0.3) is 0 Å². The Hall–Kier alpha value is -10.5. The van der Waals surface area contributed by atoms with E-state index in [4.69, 9.17) is 28.4 Å². The Morgan fingerprint density at radius 3 is 0.457 bits per heavy atom. The number of nitrogens with one attached hydrogen (secondary N) is 3. The Kier molecular flexibility index (Phi) is 39.0. The van der Waals surface area contributed by atoms with E-state index >= 15 is 0 Å². The van der Waals surface area contributed by atoms with Gasteiger partial charge >= 0.3 is 108 Å². The number of anilines is 3. The molecule has 0 spiro atoms. The number of rotatable bonds is 48. The molecule has 129 heavy (non-hydrogen) atoms. The van der Waals surface area contributed by atoms with Gasteiger partial charge in [-0.15, -0.1) is 0 Å². The Morgan fingerprint density at radius 2 is 0.333 bits per heavy atom. The van der Waals surface area contributed by atoms with Gasteiger partial charge in [-0.05, 0) is 72.8 Å². The minimum Gasteiger partial charge on any atom is -0.459 e. The van der Waals surface area contributed by atoms with Crippen LogP contribution in [0.2, 0.25) is 0 Å². The second-order valence-corrected chi connectivity index (χ2v) is 26.4. The van der Waals surface area contributed by atoms with Gasteiger partial charge in [-0.25, -0.2) is 28.8 Å². The SMILES string of the molecule is O=C(Nc1cc(C(=O)OCC(O)COCC(F)(F)C(F)(F)F)cc(C(=O)OCC(O)COCC(F)(F)C(F)(F)F)c1)c1cc(C(=O)Nc2cc(C(=O)OCC(O)COCC(F)(F)C(F)(F)F)cc(C(=O)OCC(O)COCC(F)(F)C(F)(F)F)c2)cc(C(=O)Nc2cc(C(=O)OCC(O)COCC(F)(F)C(F)(F)F)cc(C(=O)OCC(O)COCC(F)(F)C(F)(F)F)c2)c1. The topological polar surface area (TPSA) is 422 Å². The number of carbonyl (C=O) groups excluding carboxylic acids is 9. The molecule has 0 radical (unpaired) electrons. The summed E-state index contributed by atoms with van der Waals surface area (Å²) in [7, 11) is 0. The van der Waals surface area contributed by atoms with E-state index in [0.29, 0.717) is 72.8 Å². The van der Waals surface area contributed by atoms with Crippen molar-refractivity contribution in [3.8, 4) is 0 Å². The maximum absolute atomic E-state index is 14.7. The second-order valence-electron chi connectivity index (χ2n) is 26.4. The molecule has 9 N–H and O–H groups in total. The van der Waals surface area contributed by atoms with E-state index in [0.717, 1.165) is 0 Å². The molecule has 30 nitrogen and oxygen atoms in total. The number of amides is 3. The zero-order chi connectivity index (χ0) is 98.4. The van der Waals surface area contributed by atoms with Crippen LogP contribution in [0.4, 0.5) is 149 Å². The van der Waals surface area contributed by atoms with Gasteiger partial charge in [0.1, 0.15) is 116 Å². The number of benzene rings is 4. The summed E-state index contributed by atoms with van der Waals surface area (Å²) in [6, 6.07) is 5.38. The van der Waals surface area contributed by atoms with Gasteiger partial charge in [0, 0.05) is 33.8 Å². The van der Waals surface area contributed by atoms with Gasteiger partial charge < -0.3 is 103 Å². The highest BCUT2D eigenvalue weighted by Crippen LogP contribution is 2.41. The molecule has 0 saturated carbocycles. The Morgan fingerprint density at radius 1 is 0.209 bits per heavy atom. The fourth-order valence-electron chi connectivity index (χ4n) is 8.69. The van der Waals surface area contributed by atoms with E-state index in [-0.39, 0.29) is 0 Å². The lowest BCUT2D eigenvalue weighted by atomic mass is 10.0. The Labute approximate surface area is 698 Å². The molecule has 0 aliphatic heterocycles. The van der Waals surface area contributed by atoms with Crippen molar-refractivity contribution in [3.05, 3.63) is 123 Å². The number of carbonyl (C=O) groups is 9. The van der Waals surface area contributed by atoms with Crippen LogP contribution < -0.4 is 16.0 Å². The van der Waals surface area contributed by atoms with E-state index < -0.39 is 349 Å². The molecule has 3 amide bonds. The molecule has 0 aliphatic rings. The highest BCUT2D eigenvalue weighted by Gasteiger charge is 2.62. The molecule has 4 aromatic carbocycles. The van der Waals surface area contributed by atoms with Crippen molar-refractivity contribution < 1.29 is 262 Å². The third kappa shape index (κ3) is 35.1. The monoisotopic (exact) mass is 1940 g/mol. The lowest BCUT2D eigenvalue weighted by Gasteiger charge is -2.20. The fraction of sp³-hybridized carbons (Fsp3) is 0.522. The zero-order valence-electron chi connectivity index (χ0n) is 63.7. The van der Waals surface area contributed by atoms with Crippen molar-refractivity contribution in [1.29, 1.82) is 0 Å². The first-order valence-electron chi connectivity index (χ1n) is 34.7. The third-order valence-corrected chi connectivity index (χ3v) is 15.2. The molecule has 0 aliphatic carbocycles. The first-order valence-corrected chi connectivity index (χ1v) is 34.7. The number of halogens is 30. The second kappa shape index (κ2) is 45.4. The number of aliphatic hydroxyl groups excluding tert-OH is 6. The number of alkyl halides is 30. The summed E-state index contributed by atoms with van der Waals surface area (Å²) in [6.07, 6.45) is -51.1. The van der Waals surface area contributed by atoms with Crippen molar-refractivity contribution in [2.24, 2.45) is 0 Å². The van der Waals surface area contributed by atoms with Gasteiger partial charge in [0.05, 0.1) is 73.0 Å². The minimum absolute atomic E-state index is 0.416. The van der Waals surface area contributed by atoms with E-state index in [9.17, 15) is 206 Å². The zero-order valence-corrected chi connectivity index (χ0v) is 63.7. The number of hydrogen-bond donors (Lipinski definition) is 9. The normalized spacial score (nSPS) is 14.4. The minimum atomic E-state index is -6.20. The highest BCUT2D eigenvalue weighted by atomic mass is 19.5. The molecule has 726 valence electrons. The van der Waals surface area contributed by atoms with Crippen LogP contribution in [-0.4, -0.2) is 312 Å². The average Bonchev–Trinajstić information content (AvgIpc) is 0.733. The average molecular weight is 1940 g/mol. The van der Waals surface area contributed by atoms with Gasteiger partial charge in [0.2, 0.25) is 0 Å². The molecule has 0 saturated heterocycles. The van der Waals surface area contributed by atoms with E-state index in [1.165, 1.54) is 0 Å². The largest absolute Gasteiger partial charge is 0.459 e. The third-order valence-electron chi connectivity index (χ3n) is 15.2. The molecule has 6 atom stereocenters. The van der Waals surface area contributed by atoms with Crippen LogP contribution >= 0.6 is 0 Å². The molecule has 0 fully saturated rings. The Bertz CT molecular complexity index is 3820. The maximum atomic E-state index is 14.7. The number of esters is 6. The molecule has 6 unspecified atom stereocenters. The van der Waals surface area contributed by atoms with E-state index in [1.54, 1.807) is 0 Å². The summed E-state index contributed by atoms with van der Waals surface area (Å²) in [5, 5.41) is 67.2. The maximum Gasteiger partial charge on any atom is 0.455 e. The highest BCUT2D eigenvalue weighted by molar-refractivity contribution is 6.14. The summed E-state index contributed by atoms with van der Waals surface area (Å²) in [6.45, 7) is -31.9. The van der Waals surface area contributed by atoms with Crippen LogP contribution in [0.1, 0.15) is 93.2 Å².